The molecule has 0 fully saturated rings. The first-order valence-corrected chi connectivity index (χ1v) is 16.7. The maximum absolute atomic E-state index is 2.58. The number of hydrogen-bond donors (Lipinski definition) is 0. The summed E-state index contributed by atoms with van der Waals surface area (Å²) in [5.74, 6) is 0. The van der Waals surface area contributed by atoms with Gasteiger partial charge in [-0.05, 0) is 103 Å². The summed E-state index contributed by atoms with van der Waals surface area (Å²) in [6.07, 6.45) is 0. The van der Waals surface area contributed by atoms with Gasteiger partial charge in [0.15, 0.2) is 0 Å². The highest BCUT2D eigenvalue weighted by Gasteiger charge is 2.51. The molecular weight excluding hydrogens is 567 g/mol. The van der Waals surface area contributed by atoms with Crippen molar-refractivity contribution in [1.82, 2.24) is 0 Å². The Morgan fingerprint density at radius 1 is 0.404 bits per heavy atom. The maximum atomic E-state index is 2.58. The number of hydrogen-bond acceptors (Lipinski definition) is 1. The first-order chi connectivity index (χ1) is 22.9. The van der Waals surface area contributed by atoms with Gasteiger partial charge < -0.3 is 4.90 Å². The normalized spacial score (nSPS) is 15.1. The van der Waals surface area contributed by atoms with Crippen LogP contribution in [0, 0.1) is 0 Å². The molecular formula is C46H37N. The molecule has 1 aliphatic rings. The van der Waals surface area contributed by atoms with Gasteiger partial charge in [-0.15, -0.1) is 0 Å². The highest BCUT2D eigenvalue weighted by Crippen LogP contribution is 2.56. The van der Waals surface area contributed by atoms with Crippen molar-refractivity contribution in [3.05, 3.63) is 157 Å². The van der Waals surface area contributed by atoms with Crippen LogP contribution in [0.1, 0.15) is 33.3 Å². The number of para-hydroxylation sites is 1. The Hall–Kier alpha value is -5.40. The zero-order valence-corrected chi connectivity index (χ0v) is 27.4. The minimum atomic E-state index is -0.140. The Balaban J connectivity index is 1.45. The first-order valence-electron chi connectivity index (χ1n) is 16.7. The average Bonchev–Trinajstić information content (AvgIpc) is 3.26. The summed E-state index contributed by atoms with van der Waals surface area (Å²) in [4.78, 5) is 2.58. The molecule has 0 N–H and O–H groups in total. The van der Waals surface area contributed by atoms with Crippen LogP contribution >= 0.6 is 0 Å². The summed E-state index contributed by atoms with van der Waals surface area (Å²) in [6, 6.07) is 56.3. The van der Waals surface area contributed by atoms with Gasteiger partial charge >= 0.3 is 0 Å². The smallest absolute Gasteiger partial charge is 0.0487 e. The van der Waals surface area contributed by atoms with Crippen LogP contribution in [0.5, 0.6) is 0 Å². The molecule has 0 aliphatic carbocycles. The van der Waals surface area contributed by atoms with Crippen LogP contribution in [0.4, 0.5) is 11.4 Å². The molecule has 8 aromatic rings. The second kappa shape index (κ2) is 10.0. The molecule has 0 amide bonds. The monoisotopic (exact) mass is 603 g/mol. The standard InChI is InChI=1S/C46H37N/c1-45(2)41-25-11-12-26-42(41)47(46(45,3)4)32-27-28-39-40(29-32)44(36-24-14-18-31-16-6-8-20-34(31)36)38-22-10-9-21-37(38)43(39)35-23-13-17-30-15-5-7-19-33(30)35/h5-29H,1-4H3. The predicted octanol–water partition coefficient (Wildman–Crippen LogP) is 12.8. The zero-order chi connectivity index (χ0) is 31.9. The topological polar surface area (TPSA) is 3.24 Å². The fraction of sp³-hybridized carbons (Fsp3) is 0.130. The fourth-order valence-electron chi connectivity index (χ4n) is 8.34. The Morgan fingerprint density at radius 2 is 0.872 bits per heavy atom. The van der Waals surface area contributed by atoms with Crippen LogP contribution in [0.3, 0.4) is 0 Å². The lowest BCUT2D eigenvalue weighted by molar-refractivity contribution is 0.330. The van der Waals surface area contributed by atoms with Crippen molar-refractivity contribution in [3.8, 4) is 22.3 Å². The van der Waals surface area contributed by atoms with Gasteiger partial charge in [0.25, 0.3) is 0 Å². The van der Waals surface area contributed by atoms with Gasteiger partial charge in [0, 0.05) is 22.3 Å². The summed E-state index contributed by atoms with van der Waals surface area (Å²) in [7, 11) is 0. The Kier molecular flexibility index (Phi) is 5.96. The number of fused-ring (bicyclic) bond motifs is 5. The molecule has 0 saturated heterocycles. The maximum Gasteiger partial charge on any atom is 0.0487 e. The van der Waals surface area contributed by atoms with Crippen LogP contribution in [0.2, 0.25) is 0 Å². The van der Waals surface area contributed by atoms with E-state index in [1.165, 1.54) is 82.3 Å². The number of benzene rings is 8. The molecule has 226 valence electrons. The minimum absolute atomic E-state index is 0.0332. The van der Waals surface area contributed by atoms with Crippen molar-refractivity contribution in [1.29, 1.82) is 0 Å². The summed E-state index contributed by atoms with van der Waals surface area (Å²) in [5.41, 5.74) is 8.88. The lowest BCUT2D eigenvalue weighted by Crippen LogP contribution is -2.48. The largest absolute Gasteiger partial charge is 0.335 e. The lowest BCUT2D eigenvalue weighted by atomic mass is 9.72. The van der Waals surface area contributed by atoms with Crippen LogP contribution in [-0.4, -0.2) is 5.54 Å². The van der Waals surface area contributed by atoms with E-state index in [-0.39, 0.29) is 11.0 Å². The van der Waals surface area contributed by atoms with E-state index in [1.54, 1.807) is 0 Å². The molecule has 0 atom stereocenters. The second-order valence-electron chi connectivity index (χ2n) is 14.1. The molecule has 1 heterocycles. The van der Waals surface area contributed by atoms with E-state index in [9.17, 15) is 0 Å². The molecule has 1 nitrogen and oxygen atoms in total. The highest BCUT2D eigenvalue weighted by molar-refractivity contribution is 6.25. The van der Waals surface area contributed by atoms with E-state index in [0.29, 0.717) is 0 Å². The molecule has 1 heteroatoms. The summed E-state index contributed by atoms with van der Waals surface area (Å²) < 4.78 is 0. The highest BCUT2D eigenvalue weighted by atomic mass is 15.2. The molecule has 0 saturated carbocycles. The molecule has 0 spiro atoms. The van der Waals surface area contributed by atoms with Crippen molar-refractivity contribution in [2.24, 2.45) is 0 Å². The molecule has 0 radical (unpaired) electrons. The van der Waals surface area contributed by atoms with Crippen LogP contribution in [0.25, 0.3) is 65.3 Å². The van der Waals surface area contributed by atoms with Crippen LogP contribution in [0.15, 0.2) is 152 Å². The van der Waals surface area contributed by atoms with Gasteiger partial charge in [-0.3, -0.25) is 0 Å². The number of nitrogens with zero attached hydrogens (tertiary/aromatic N) is 1. The van der Waals surface area contributed by atoms with E-state index in [4.69, 9.17) is 0 Å². The molecule has 0 bridgehead atoms. The third-order valence-corrected chi connectivity index (χ3v) is 11.3. The minimum Gasteiger partial charge on any atom is -0.335 e. The van der Waals surface area contributed by atoms with Gasteiger partial charge in [-0.1, -0.05) is 147 Å². The van der Waals surface area contributed by atoms with E-state index in [0.717, 1.165) is 0 Å². The van der Waals surface area contributed by atoms with Crippen molar-refractivity contribution < 1.29 is 0 Å². The van der Waals surface area contributed by atoms with E-state index in [2.05, 4.69) is 184 Å². The fourth-order valence-corrected chi connectivity index (χ4v) is 8.34. The Labute approximate surface area is 276 Å². The molecule has 0 aromatic heterocycles. The predicted molar refractivity (Wildman–Crippen MR) is 203 cm³/mol. The summed E-state index contributed by atoms with van der Waals surface area (Å²) in [6.45, 7) is 9.57. The van der Waals surface area contributed by atoms with Crippen molar-refractivity contribution in [2.45, 2.75) is 38.6 Å². The zero-order valence-electron chi connectivity index (χ0n) is 27.4. The SMILES string of the molecule is CC1(C)c2ccccc2N(c2ccc3c(-c4cccc5ccccc45)c4ccccc4c(-c4cccc5ccccc45)c3c2)C1(C)C. The molecule has 0 unspecified atom stereocenters. The van der Waals surface area contributed by atoms with E-state index >= 15 is 0 Å². The van der Waals surface area contributed by atoms with E-state index < -0.39 is 0 Å². The third-order valence-electron chi connectivity index (χ3n) is 11.3. The van der Waals surface area contributed by atoms with Crippen molar-refractivity contribution in [3.63, 3.8) is 0 Å². The average molecular weight is 604 g/mol. The van der Waals surface area contributed by atoms with E-state index in [1.807, 2.05) is 0 Å². The second-order valence-corrected chi connectivity index (χ2v) is 14.1. The third kappa shape index (κ3) is 3.90. The Morgan fingerprint density at radius 3 is 1.49 bits per heavy atom. The quantitative estimate of drug-likeness (QED) is 0.182. The summed E-state index contributed by atoms with van der Waals surface area (Å²) in [5, 5.41) is 10.2. The molecule has 1 aliphatic heterocycles. The van der Waals surface area contributed by atoms with Crippen molar-refractivity contribution >= 4 is 54.5 Å². The number of rotatable bonds is 3. The molecule has 8 aromatic carbocycles. The van der Waals surface area contributed by atoms with Crippen LogP contribution in [-0.2, 0) is 5.41 Å². The number of anilines is 2. The van der Waals surface area contributed by atoms with Gasteiger partial charge in [0.05, 0.1) is 0 Å². The lowest BCUT2D eigenvalue weighted by Gasteiger charge is -2.42. The summed E-state index contributed by atoms with van der Waals surface area (Å²) >= 11 is 0. The van der Waals surface area contributed by atoms with Crippen LogP contribution < -0.4 is 4.90 Å². The van der Waals surface area contributed by atoms with Gasteiger partial charge in [0.2, 0.25) is 0 Å². The first kappa shape index (κ1) is 27.9. The molecule has 9 rings (SSSR count). The Bertz CT molecular complexity index is 2520. The molecule has 47 heavy (non-hydrogen) atoms. The van der Waals surface area contributed by atoms with Gasteiger partial charge in [0.1, 0.15) is 0 Å². The van der Waals surface area contributed by atoms with Crippen molar-refractivity contribution in [2.75, 3.05) is 4.90 Å². The van der Waals surface area contributed by atoms with Gasteiger partial charge in [-0.2, -0.15) is 0 Å². The van der Waals surface area contributed by atoms with Gasteiger partial charge in [-0.25, -0.2) is 0 Å².